The van der Waals surface area contributed by atoms with Gasteiger partial charge in [0.15, 0.2) is 0 Å². The van der Waals surface area contributed by atoms with Crippen LogP contribution in [0.4, 0.5) is 17.1 Å². The van der Waals surface area contributed by atoms with Crippen LogP contribution in [-0.4, -0.2) is 4.57 Å². The monoisotopic (exact) mass is 1010 g/mol. The van der Waals surface area contributed by atoms with E-state index >= 15 is 0 Å². The fourth-order valence-electron chi connectivity index (χ4n) is 13.9. The third-order valence-corrected chi connectivity index (χ3v) is 17.5. The first-order valence-electron chi connectivity index (χ1n) is 27.5. The smallest absolute Gasteiger partial charge is 0.136 e. The van der Waals surface area contributed by atoms with E-state index < -0.39 is 5.41 Å². The first-order chi connectivity index (χ1) is 38.9. The first-order valence-corrected chi connectivity index (χ1v) is 27.5. The molecule has 0 aliphatic heterocycles. The maximum Gasteiger partial charge on any atom is 0.136 e. The minimum Gasteiger partial charge on any atom is -0.456 e. The molecule has 0 saturated heterocycles. The Kier molecular flexibility index (Phi) is 9.90. The summed E-state index contributed by atoms with van der Waals surface area (Å²) in [4.78, 5) is 2.41. The molecule has 0 fully saturated rings. The van der Waals surface area contributed by atoms with E-state index in [-0.39, 0.29) is 5.41 Å². The molecule has 0 N–H and O–H groups in total. The number of furan rings is 1. The third kappa shape index (κ3) is 6.66. The lowest BCUT2D eigenvalue weighted by molar-refractivity contribution is 0.660. The molecule has 3 nitrogen and oxygen atoms in total. The zero-order valence-electron chi connectivity index (χ0n) is 43.9. The molecule has 0 bridgehead atoms. The molecule has 2 aliphatic rings. The van der Waals surface area contributed by atoms with Crippen molar-refractivity contribution in [2.24, 2.45) is 0 Å². The molecular formula is C76H52N2O. The van der Waals surface area contributed by atoms with Gasteiger partial charge in [-0.25, -0.2) is 0 Å². The molecule has 16 rings (SSSR count). The van der Waals surface area contributed by atoms with Gasteiger partial charge in [-0.1, -0.05) is 208 Å². The number of hydrogen-bond donors (Lipinski definition) is 0. The summed E-state index contributed by atoms with van der Waals surface area (Å²) in [5, 5.41) is 4.71. The summed E-state index contributed by atoms with van der Waals surface area (Å²) >= 11 is 0. The number of rotatable bonds is 8. The van der Waals surface area contributed by atoms with E-state index in [4.69, 9.17) is 4.42 Å². The van der Waals surface area contributed by atoms with Gasteiger partial charge < -0.3 is 13.9 Å². The van der Waals surface area contributed by atoms with Crippen molar-refractivity contribution in [3.63, 3.8) is 0 Å². The molecule has 372 valence electrons. The Balaban J connectivity index is 0.843. The summed E-state index contributed by atoms with van der Waals surface area (Å²) < 4.78 is 8.76. The lowest BCUT2D eigenvalue weighted by Crippen LogP contribution is -2.28. The highest BCUT2D eigenvalue weighted by atomic mass is 16.3. The molecule has 2 aliphatic carbocycles. The summed E-state index contributed by atoms with van der Waals surface area (Å²) in [5.41, 5.74) is 25.6. The lowest BCUT2D eigenvalue weighted by atomic mass is 9.67. The molecular weight excluding hydrogens is 957 g/mol. The Bertz CT molecular complexity index is 4690. The standard InChI is InChI=1S/C76H52N2O/c1-75(2)66-27-13-9-24-61(66)63-48-57(42-43-67(63)75)77(56-40-34-50(35-41-56)58-26-17-31-73-74(58)62-25-12-16-30-72(62)79-73)55-38-32-49(33-39-55)51-36-44-70-64(46-51)65-47-53(37-45-71(65)78(70)54-20-7-4-8-21-54)76(52-18-5-3-6-19-52)68-28-14-10-22-59(68)60-23-11-15-29-69(60)76/h3-48H,1-2H3. The van der Waals surface area contributed by atoms with E-state index in [1.54, 1.807) is 0 Å². The van der Waals surface area contributed by atoms with Crippen molar-refractivity contribution >= 4 is 60.8 Å². The topological polar surface area (TPSA) is 21.3 Å². The van der Waals surface area contributed by atoms with Crippen molar-refractivity contribution in [3.8, 4) is 50.2 Å². The number of nitrogens with zero attached hydrogens (tertiary/aromatic N) is 2. The van der Waals surface area contributed by atoms with Crippen molar-refractivity contribution in [1.29, 1.82) is 0 Å². The minimum atomic E-state index is -0.509. The molecule has 0 unspecified atom stereocenters. The van der Waals surface area contributed by atoms with Crippen LogP contribution in [0, 0.1) is 0 Å². The van der Waals surface area contributed by atoms with Gasteiger partial charge in [0.1, 0.15) is 11.2 Å². The van der Waals surface area contributed by atoms with Crippen LogP contribution in [-0.2, 0) is 10.8 Å². The van der Waals surface area contributed by atoms with Crippen LogP contribution in [0.1, 0.15) is 47.2 Å². The van der Waals surface area contributed by atoms with E-state index in [2.05, 4.69) is 296 Å². The second-order valence-electron chi connectivity index (χ2n) is 21.9. The summed E-state index contributed by atoms with van der Waals surface area (Å²) in [6.07, 6.45) is 0. The highest BCUT2D eigenvalue weighted by molar-refractivity contribution is 6.13. The molecule has 12 aromatic carbocycles. The molecule has 0 amide bonds. The Labute approximate surface area is 459 Å². The van der Waals surface area contributed by atoms with Gasteiger partial charge in [0.25, 0.3) is 0 Å². The molecule has 0 atom stereocenters. The summed E-state index contributed by atoms with van der Waals surface area (Å²) in [7, 11) is 0. The highest BCUT2D eigenvalue weighted by Crippen LogP contribution is 2.57. The van der Waals surface area contributed by atoms with E-state index in [0.29, 0.717) is 0 Å². The Morgan fingerprint density at radius 3 is 1.56 bits per heavy atom. The van der Waals surface area contributed by atoms with Gasteiger partial charge in [0.05, 0.1) is 16.4 Å². The number of aromatic nitrogens is 1. The predicted octanol–water partition coefficient (Wildman–Crippen LogP) is 20.2. The van der Waals surface area contributed by atoms with E-state index in [1.165, 1.54) is 83.0 Å². The normalized spacial score (nSPS) is 13.6. The Hall–Kier alpha value is -9.96. The number of fused-ring (bicyclic) bond motifs is 12. The van der Waals surface area contributed by atoms with Crippen LogP contribution in [0.15, 0.2) is 283 Å². The van der Waals surface area contributed by atoms with Crippen molar-refractivity contribution in [1.82, 2.24) is 4.57 Å². The molecule has 0 radical (unpaired) electrons. The maximum atomic E-state index is 6.32. The maximum absolute atomic E-state index is 6.32. The fraction of sp³-hybridized carbons (Fsp3) is 0.0526. The fourth-order valence-corrected chi connectivity index (χ4v) is 13.9. The van der Waals surface area contributed by atoms with Gasteiger partial charge in [0, 0.05) is 49.7 Å². The van der Waals surface area contributed by atoms with Gasteiger partial charge in [-0.05, 0) is 163 Å². The zero-order chi connectivity index (χ0) is 52.4. The Morgan fingerprint density at radius 2 is 0.848 bits per heavy atom. The van der Waals surface area contributed by atoms with E-state index in [0.717, 1.165) is 61.4 Å². The summed E-state index contributed by atoms with van der Waals surface area (Å²) in [6, 6.07) is 103. The van der Waals surface area contributed by atoms with E-state index in [9.17, 15) is 0 Å². The van der Waals surface area contributed by atoms with Crippen molar-refractivity contribution in [2.45, 2.75) is 24.7 Å². The lowest BCUT2D eigenvalue weighted by Gasteiger charge is -2.34. The molecule has 0 saturated carbocycles. The number of benzene rings is 12. The van der Waals surface area contributed by atoms with Crippen LogP contribution in [0.25, 0.3) is 93.9 Å². The van der Waals surface area contributed by atoms with Crippen LogP contribution >= 0.6 is 0 Å². The second-order valence-corrected chi connectivity index (χ2v) is 21.9. The van der Waals surface area contributed by atoms with Gasteiger partial charge in [-0.15, -0.1) is 0 Å². The van der Waals surface area contributed by atoms with Gasteiger partial charge in [-0.2, -0.15) is 0 Å². The first kappa shape index (κ1) is 45.3. The van der Waals surface area contributed by atoms with Crippen molar-refractivity contribution in [2.75, 3.05) is 4.90 Å². The highest BCUT2D eigenvalue weighted by Gasteiger charge is 2.46. The second kappa shape index (κ2) is 17.3. The summed E-state index contributed by atoms with van der Waals surface area (Å²) in [5.74, 6) is 0. The average Bonchev–Trinajstić information content (AvgIpc) is 4.24. The predicted molar refractivity (Wildman–Crippen MR) is 328 cm³/mol. The van der Waals surface area contributed by atoms with Gasteiger partial charge in [-0.3, -0.25) is 0 Å². The number of anilines is 3. The van der Waals surface area contributed by atoms with Crippen molar-refractivity contribution < 1.29 is 4.42 Å². The van der Waals surface area contributed by atoms with E-state index in [1.807, 2.05) is 6.07 Å². The third-order valence-electron chi connectivity index (χ3n) is 17.5. The quantitative estimate of drug-likeness (QED) is 0.151. The van der Waals surface area contributed by atoms with Crippen LogP contribution in [0.5, 0.6) is 0 Å². The number of para-hydroxylation sites is 2. The molecule has 2 heterocycles. The molecule has 79 heavy (non-hydrogen) atoms. The molecule has 2 aromatic heterocycles. The largest absolute Gasteiger partial charge is 0.456 e. The molecule has 14 aromatic rings. The minimum absolute atomic E-state index is 0.0937. The van der Waals surface area contributed by atoms with Crippen LogP contribution in [0.2, 0.25) is 0 Å². The summed E-state index contributed by atoms with van der Waals surface area (Å²) in [6.45, 7) is 4.70. The van der Waals surface area contributed by atoms with Crippen LogP contribution in [0.3, 0.4) is 0 Å². The van der Waals surface area contributed by atoms with Crippen molar-refractivity contribution in [3.05, 3.63) is 312 Å². The average molecular weight is 1010 g/mol. The van der Waals surface area contributed by atoms with Gasteiger partial charge >= 0.3 is 0 Å². The van der Waals surface area contributed by atoms with Crippen LogP contribution < -0.4 is 4.90 Å². The molecule has 3 heteroatoms. The zero-order valence-corrected chi connectivity index (χ0v) is 43.9. The van der Waals surface area contributed by atoms with Gasteiger partial charge in [0.2, 0.25) is 0 Å². The molecule has 0 spiro atoms. The number of hydrogen-bond acceptors (Lipinski definition) is 2. The Morgan fingerprint density at radius 1 is 0.329 bits per heavy atom. The SMILES string of the molecule is CC1(C)c2ccccc2-c2cc(N(c3ccc(-c4ccc5c(c4)c4cc(C6(c7ccccc7)c7ccccc7-c7ccccc76)ccc4n5-c4ccccc4)cc3)c3ccc(-c4cccc5oc6ccccc6c45)cc3)ccc21.